The molecule has 2 unspecified atom stereocenters. The molecule has 0 amide bonds. The molecule has 4 atom stereocenters. The summed E-state index contributed by atoms with van der Waals surface area (Å²) in [7, 11) is 0. The number of rotatable bonds is 4. The van der Waals surface area contributed by atoms with Crippen molar-refractivity contribution in [2.75, 3.05) is 13.5 Å². The first kappa shape index (κ1) is 8.83. The summed E-state index contributed by atoms with van der Waals surface area (Å²) in [5.74, 6) is -3.31. The quantitative estimate of drug-likeness (QED) is 0.795. The highest BCUT2D eigenvalue weighted by Gasteiger charge is 2.51. The van der Waals surface area contributed by atoms with Crippen molar-refractivity contribution in [1.82, 2.24) is 4.90 Å². The molecule has 0 aromatic heterocycles. The summed E-state index contributed by atoms with van der Waals surface area (Å²) in [6, 6.07) is 6.66. The molecule has 2 saturated heterocycles. The van der Waals surface area contributed by atoms with E-state index in [0.29, 0.717) is 12.8 Å². The number of esters is 2. The lowest BCUT2D eigenvalue weighted by Crippen LogP contribution is -2.53. The van der Waals surface area contributed by atoms with E-state index < -0.39 is 56.4 Å². The Kier molecular flexibility index (Phi) is 2.57. The molecule has 3 rings (SSSR count). The van der Waals surface area contributed by atoms with Crippen molar-refractivity contribution in [1.29, 1.82) is 0 Å². The molecule has 1 aromatic carbocycles. The zero-order valence-corrected chi connectivity index (χ0v) is 12.4. The van der Waals surface area contributed by atoms with Crippen LogP contribution in [0.3, 0.4) is 0 Å². The van der Waals surface area contributed by atoms with Crippen LogP contribution >= 0.6 is 0 Å². The maximum absolute atomic E-state index is 12.9. The fourth-order valence-electron chi connectivity index (χ4n) is 3.49. The first-order chi connectivity index (χ1) is 14.2. The van der Waals surface area contributed by atoms with E-state index in [9.17, 15) is 9.59 Å². The second-order valence-electron chi connectivity index (χ2n) is 5.80. The molecule has 23 heavy (non-hydrogen) atoms. The van der Waals surface area contributed by atoms with Crippen LogP contribution in [0.25, 0.3) is 0 Å². The fourth-order valence-corrected chi connectivity index (χ4v) is 3.49. The summed E-state index contributed by atoms with van der Waals surface area (Å²) in [5, 5.41) is 0. The van der Waals surface area contributed by atoms with Crippen molar-refractivity contribution >= 4 is 11.9 Å². The smallest absolute Gasteiger partial charge is 0.338 e. The summed E-state index contributed by atoms with van der Waals surface area (Å²) >= 11 is 0. The van der Waals surface area contributed by atoms with Crippen molar-refractivity contribution in [3.8, 4) is 0 Å². The number of hydrogen-bond donors (Lipinski definition) is 0. The number of piperidine rings is 1. The predicted octanol–water partition coefficient (Wildman–Crippen LogP) is 2.26. The Morgan fingerprint density at radius 3 is 2.91 bits per heavy atom. The van der Waals surface area contributed by atoms with Gasteiger partial charge in [0.15, 0.2) is 0 Å². The van der Waals surface area contributed by atoms with Gasteiger partial charge in [0, 0.05) is 26.7 Å². The third-order valence-corrected chi connectivity index (χ3v) is 4.56. The van der Waals surface area contributed by atoms with Crippen LogP contribution in [0.4, 0.5) is 0 Å². The molecule has 0 aliphatic carbocycles. The molecule has 2 heterocycles. The Labute approximate surface area is 147 Å². The van der Waals surface area contributed by atoms with Gasteiger partial charge in [0.2, 0.25) is 0 Å². The van der Waals surface area contributed by atoms with Gasteiger partial charge in [0.25, 0.3) is 0 Å². The van der Waals surface area contributed by atoms with E-state index in [0.717, 1.165) is 0 Å². The van der Waals surface area contributed by atoms with Crippen molar-refractivity contribution in [2.24, 2.45) is 5.92 Å². The second kappa shape index (κ2) is 6.71. The Hall–Kier alpha value is -1.88. The Morgan fingerprint density at radius 2 is 2.17 bits per heavy atom. The van der Waals surface area contributed by atoms with E-state index in [2.05, 4.69) is 0 Å². The minimum absolute atomic E-state index is 0.0317. The van der Waals surface area contributed by atoms with E-state index in [1.165, 1.54) is 17.0 Å². The number of hydrogen-bond acceptors (Lipinski definition) is 5. The van der Waals surface area contributed by atoms with Crippen LogP contribution in [0.5, 0.6) is 0 Å². The SMILES string of the molecule is [2H]C([2H])([2H])N1[C@H]2CC[C@@H]1C(C(=O)OC([2H])([2H])C([2H])([2H])[2H])C(OC(=O)c1ccccc1)C2. The molecule has 0 radical (unpaired) electrons. The standard InChI is InChI=1S/C18H23NO4/c1-3-22-18(21)16-14-10-9-13(19(14)2)11-15(16)23-17(20)12-7-5-4-6-8-12/h4-8,13-16H,3,9-11H2,1-2H3/t13-,14+,15?,16?/m0/s1/i1D3,2D3,3D2. The van der Waals surface area contributed by atoms with E-state index >= 15 is 0 Å². The van der Waals surface area contributed by atoms with Crippen molar-refractivity contribution in [3.63, 3.8) is 0 Å². The number of fused-ring (bicyclic) bond motifs is 2. The van der Waals surface area contributed by atoms with E-state index in [4.69, 9.17) is 20.4 Å². The van der Waals surface area contributed by atoms with Crippen LogP contribution in [0.1, 0.15) is 47.4 Å². The van der Waals surface area contributed by atoms with Gasteiger partial charge in [-0.2, -0.15) is 0 Å². The van der Waals surface area contributed by atoms with Gasteiger partial charge in [0.1, 0.15) is 12.0 Å². The van der Waals surface area contributed by atoms with Gasteiger partial charge in [-0.05, 0) is 38.8 Å². The number of nitrogens with zero attached hydrogens (tertiary/aromatic N) is 1. The topological polar surface area (TPSA) is 55.8 Å². The third-order valence-electron chi connectivity index (χ3n) is 4.56. The lowest BCUT2D eigenvalue weighted by atomic mass is 9.87. The maximum atomic E-state index is 12.9. The zero-order valence-electron chi connectivity index (χ0n) is 20.4. The molecule has 1 aromatic rings. The van der Waals surface area contributed by atoms with E-state index in [1.54, 1.807) is 18.2 Å². The summed E-state index contributed by atoms with van der Waals surface area (Å²) in [5.41, 5.74) is 0.234. The highest BCUT2D eigenvalue weighted by Crippen LogP contribution is 2.40. The van der Waals surface area contributed by atoms with Gasteiger partial charge < -0.3 is 9.47 Å². The minimum atomic E-state index is -3.28. The molecular weight excluding hydrogens is 294 g/mol. The fraction of sp³-hybridized carbons (Fsp3) is 0.556. The molecule has 2 aliphatic heterocycles. The van der Waals surface area contributed by atoms with Gasteiger partial charge >= 0.3 is 11.9 Å². The van der Waals surface area contributed by atoms with Crippen LogP contribution in [-0.4, -0.2) is 48.6 Å². The molecule has 2 fully saturated rings. The Morgan fingerprint density at radius 1 is 1.35 bits per heavy atom. The number of carbonyl (C=O) groups is 2. The molecule has 0 N–H and O–H groups in total. The van der Waals surface area contributed by atoms with Crippen LogP contribution < -0.4 is 0 Å². The second-order valence-corrected chi connectivity index (χ2v) is 5.80. The summed E-state index contributed by atoms with van der Waals surface area (Å²) < 4.78 is 70.7. The van der Waals surface area contributed by atoms with Gasteiger partial charge in [-0.3, -0.25) is 9.69 Å². The van der Waals surface area contributed by atoms with Gasteiger partial charge in [-0.1, -0.05) is 18.2 Å². The molecule has 2 aliphatic rings. The van der Waals surface area contributed by atoms with Crippen LogP contribution in [0, 0.1) is 5.92 Å². The molecule has 5 heteroatoms. The zero-order chi connectivity index (χ0) is 23.2. The molecule has 124 valence electrons. The minimum Gasteiger partial charge on any atom is -0.466 e. The average molecular weight is 325 g/mol. The van der Waals surface area contributed by atoms with E-state index in [1.807, 2.05) is 0 Å². The van der Waals surface area contributed by atoms with Crippen LogP contribution in [0.15, 0.2) is 30.3 Å². The van der Waals surface area contributed by atoms with Crippen LogP contribution in [0.2, 0.25) is 0 Å². The summed E-state index contributed by atoms with van der Waals surface area (Å²) in [6.07, 6.45) is -0.315. The number of ether oxygens (including phenoxy) is 2. The van der Waals surface area contributed by atoms with Crippen molar-refractivity contribution < 1.29 is 30.0 Å². The highest BCUT2D eigenvalue weighted by molar-refractivity contribution is 5.89. The first-order valence-electron chi connectivity index (χ1n) is 11.5. The molecule has 0 spiro atoms. The predicted molar refractivity (Wildman–Crippen MR) is 85.0 cm³/mol. The Balaban J connectivity index is 1.90. The van der Waals surface area contributed by atoms with Crippen molar-refractivity contribution in [2.45, 2.75) is 44.3 Å². The first-order valence-corrected chi connectivity index (χ1v) is 7.50. The van der Waals surface area contributed by atoms with Gasteiger partial charge in [-0.15, -0.1) is 0 Å². The molecule has 2 bridgehead atoms. The van der Waals surface area contributed by atoms with Gasteiger partial charge in [0.05, 0.1) is 14.9 Å². The van der Waals surface area contributed by atoms with Crippen molar-refractivity contribution in [3.05, 3.63) is 35.9 Å². The highest BCUT2D eigenvalue weighted by atomic mass is 16.6. The molecule has 5 nitrogen and oxygen atoms in total. The summed E-state index contributed by atoms with van der Waals surface area (Å²) in [4.78, 5) is 26.7. The molecule has 0 saturated carbocycles. The van der Waals surface area contributed by atoms with Crippen LogP contribution in [-0.2, 0) is 14.3 Å². The molecular formula is C18H23NO4. The maximum Gasteiger partial charge on any atom is 0.338 e. The largest absolute Gasteiger partial charge is 0.466 e. The lowest BCUT2D eigenvalue weighted by Gasteiger charge is -2.40. The average Bonchev–Trinajstić information content (AvgIpc) is 2.96. The third kappa shape index (κ3) is 3.11. The number of carbonyl (C=O) groups excluding carboxylic acids is 2. The lowest BCUT2D eigenvalue weighted by molar-refractivity contribution is -0.158. The normalized spacial score (nSPS) is 36.9. The number of benzene rings is 1. The monoisotopic (exact) mass is 325 g/mol. The summed E-state index contributed by atoms with van der Waals surface area (Å²) in [6.45, 7) is -9.05. The van der Waals surface area contributed by atoms with E-state index in [-0.39, 0.29) is 12.0 Å². The Bertz CT molecular complexity index is 826. The van der Waals surface area contributed by atoms with Gasteiger partial charge in [-0.25, -0.2) is 4.79 Å².